The number of carbonyl (C=O) groups is 2. The van der Waals surface area contributed by atoms with Crippen LogP contribution in [0.15, 0.2) is 83.8 Å². The number of halogens is 1. The molecule has 0 aromatic heterocycles. The van der Waals surface area contributed by atoms with Gasteiger partial charge in [0.25, 0.3) is 10.0 Å². The van der Waals surface area contributed by atoms with Gasteiger partial charge >= 0.3 is 0 Å². The van der Waals surface area contributed by atoms with E-state index < -0.39 is 28.5 Å². The second-order valence-electron chi connectivity index (χ2n) is 9.02. The number of anilines is 1. The number of hydrogen-bond acceptors (Lipinski definition) is 4. The van der Waals surface area contributed by atoms with Crippen LogP contribution in [0.1, 0.15) is 37.8 Å². The predicted molar refractivity (Wildman–Crippen MR) is 152 cm³/mol. The van der Waals surface area contributed by atoms with Gasteiger partial charge in [0.1, 0.15) is 12.6 Å². The number of nitrogens with one attached hydrogen (secondary N) is 1. The molecular weight excluding hydrogens is 522 g/mol. The highest BCUT2D eigenvalue weighted by Gasteiger charge is 2.33. The minimum absolute atomic E-state index is 0.0744. The Kier molecular flexibility index (Phi) is 10.3. The summed E-state index contributed by atoms with van der Waals surface area (Å²) in [5.74, 6) is -0.761. The Morgan fingerprint density at radius 3 is 2.13 bits per heavy atom. The van der Waals surface area contributed by atoms with Crippen LogP contribution < -0.4 is 9.62 Å². The van der Waals surface area contributed by atoms with E-state index in [2.05, 4.69) is 5.32 Å². The fourth-order valence-electron chi connectivity index (χ4n) is 4.03. The van der Waals surface area contributed by atoms with Crippen LogP contribution in [-0.4, -0.2) is 44.3 Å². The van der Waals surface area contributed by atoms with Crippen LogP contribution in [0.2, 0.25) is 5.02 Å². The van der Waals surface area contributed by atoms with Crippen molar-refractivity contribution in [3.05, 3.63) is 95.0 Å². The molecule has 38 heavy (non-hydrogen) atoms. The van der Waals surface area contributed by atoms with Crippen molar-refractivity contribution >= 4 is 39.1 Å². The average molecular weight is 556 g/mol. The van der Waals surface area contributed by atoms with Crippen LogP contribution in [0, 0.1) is 6.92 Å². The number of aryl methyl sites for hydroxylation is 1. The molecule has 7 nitrogen and oxygen atoms in total. The number of amides is 2. The summed E-state index contributed by atoms with van der Waals surface area (Å²) in [6, 6.07) is 21.2. The van der Waals surface area contributed by atoms with E-state index in [0.717, 1.165) is 21.9 Å². The zero-order valence-electron chi connectivity index (χ0n) is 21.9. The topological polar surface area (TPSA) is 86.8 Å². The van der Waals surface area contributed by atoms with Crippen molar-refractivity contribution in [3.8, 4) is 0 Å². The monoisotopic (exact) mass is 555 g/mol. The highest BCUT2D eigenvalue weighted by molar-refractivity contribution is 7.92. The molecule has 3 aromatic rings. The quantitative estimate of drug-likeness (QED) is 0.334. The smallest absolute Gasteiger partial charge is 0.264 e. The largest absolute Gasteiger partial charge is 0.354 e. The lowest BCUT2D eigenvalue weighted by Crippen LogP contribution is -2.52. The van der Waals surface area contributed by atoms with Crippen molar-refractivity contribution in [1.29, 1.82) is 0 Å². The second kappa shape index (κ2) is 13.4. The molecule has 202 valence electrons. The van der Waals surface area contributed by atoms with Gasteiger partial charge in [0.05, 0.1) is 10.6 Å². The second-order valence-corrected chi connectivity index (χ2v) is 11.3. The molecule has 0 saturated heterocycles. The fraction of sp³-hybridized carbons (Fsp3) is 0.310. The summed E-state index contributed by atoms with van der Waals surface area (Å²) in [5.41, 5.74) is 2.10. The highest BCUT2D eigenvalue weighted by atomic mass is 35.5. The first-order valence-corrected chi connectivity index (χ1v) is 14.4. The number of benzene rings is 3. The summed E-state index contributed by atoms with van der Waals surface area (Å²) in [6.45, 7) is 5.82. The molecule has 0 heterocycles. The predicted octanol–water partition coefficient (Wildman–Crippen LogP) is 5.18. The van der Waals surface area contributed by atoms with Gasteiger partial charge in [0, 0.05) is 18.1 Å². The molecule has 3 aromatic carbocycles. The zero-order valence-corrected chi connectivity index (χ0v) is 23.5. The van der Waals surface area contributed by atoms with Crippen LogP contribution in [0.5, 0.6) is 0 Å². The van der Waals surface area contributed by atoms with Crippen LogP contribution >= 0.6 is 11.6 Å². The Balaban J connectivity index is 2.02. The maximum atomic E-state index is 13.9. The molecule has 1 atom stereocenters. The standard InChI is InChI=1S/C29H34ClN3O4S/c1-4-19-31-29(35)27(5-2)32(20-23-13-15-24(30)16-14-23)28(34)21-33(25-17-11-22(3)12-18-25)38(36,37)26-9-7-6-8-10-26/h6-18,27H,4-5,19-21H2,1-3H3,(H,31,35)/t27-/m0/s1. The summed E-state index contributed by atoms with van der Waals surface area (Å²) >= 11 is 6.05. The molecule has 0 fully saturated rings. The number of hydrogen-bond donors (Lipinski definition) is 1. The van der Waals surface area contributed by atoms with E-state index in [4.69, 9.17) is 11.6 Å². The van der Waals surface area contributed by atoms with E-state index in [0.29, 0.717) is 23.7 Å². The molecule has 3 rings (SSSR count). The van der Waals surface area contributed by atoms with Gasteiger partial charge in [-0.25, -0.2) is 8.42 Å². The lowest BCUT2D eigenvalue weighted by atomic mass is 10.1. The Hall–Kier alpha value is -3.36. The fourth-order valence-corrected chi connectivity index (χ4v) is 5.59. The molecular formula is C29H34ClN3O4S. The van der Waals surface area contributed by atoms with Crippen LogP contribution in [0.3, 0.4) is 0 Å². The minimum atomic E-state index is -4.07. The van der Waals surface area contributed by atoms with E-state index in [9.17, 15) is 18.0 Å². The third-order valence-electron chi connectivity index (χ3n) is 6.13. The molecule has 0 spiro atoms. The van der Waals surface area contributed by atoms with Gasteiger partial charge in [0.15, 0.2) is 0 Å². The van der Waals surface area contributed by atoms with Gasteiger partial charge in [-0.15, -0.1) is 0 Å². The molecule has 0 saturated carbocycles. The lowest BCUT2D eigenvalue weighted by molar-refractivity contribution is -0.140. The molecule has 0 aliphatic carbocycles. The molecule has 0 aliphatic rings. The van der Waals surface area contributed by atoms with Crippen molar-refractivity contribution in [2.75, 3.05) is 17.4 Å². The van der Waals surface area contributed by atoms with Crippen LogP contribution in [-0.2, 0) is 26.2 Å². The molecule has 0 radical (unpaired) electrons. The van der Waals surface area contributed by atoms with E-state index >= 15 is 0 Å². The first-order chi connectivity index (χ1) is 18.2. The van der Waals surface area contributed by atoms with Gasteiger partial charge in [-0.2, -0.15) is 0 Å². The third-order valence-corrected chi connectivity index (χ3v) is 8.17. The van der Waals surface area contributed by atoms with Crippen molar-refractivity contribution in [3.63, 3.8) is 0 Å². The van der Waals surface area contributed by atoms with Gasteiger partial charge in [-0.1, -0.05) is 73.5 Å². The zero-order chi connectivity index (χ0) is 27.7. The normalized spacial score (nSPS) is 12.0. The van der Waals surface area contributed by atoms with Gasteiger partial charge in [-0.05, 0) is 61.7 Å². The first kappa shape index (κ1) is 29.2. The van der Waals surface area contributed by atoms with E-state index in [-0.39, 0.29) is 17.3 Å². The Morgan fingerprint density at radius 1 is 0.921 bits per heavy atom. The summed E-state index contributed by atoms with van der Waals surface area (Å²) in [6.07, 6.45) is 1.12. The molecule has 0 unspecified atom stereocenters. The maximum absolute atomic E-state index is 13.9. The first-order valence-electron chi connectivity index (χ1n) is 12.6. The lowest BCUT2D eigenvalue weighted by Gasteiger charge is -2.33. The number of nitrogens with zero attached hydrogens (tertiary/aromatic N) is 2. The maximum Gasteiger partial charge on any atom is 0.264 e. The molecule has 9 heteroatoms. The number of carbonyl (C=O) groups excluding carboxylic acids is 2. The van der Waals surface area contributed by atoms with Gasteiger partial charge in [-0.3, -0.25) is 13.9 Å². The van der Waals surface area contributed by atoms with Gasteiger partial charge < -0.3 is 10.2 Å². The summed E-state index contributed by atoms with van der Waals surface area (Å²) < 4.78 is 28.6. The molecule has 1 N–H and O–H groups in total. The van der Waals surface area contributed by atoms with Crippen molar-refractivity contribution < 1.29 is 18.0 Å². The van der Waals surface area contributed by atoms with E-state index in [1.165, 1.54) is 17.0 Å². The Labute approximate surface area is 230 Å². The number of rotatable bonds is 12. The Morgan fingerprint density at radius 2 is 1.55 bits per heavy atom. The van der Waals surface area contributed by atoms with E-state index in [1.807, 2.05) is 20.8 Å². The van der Waals surface area contributed by atoms with E-state index in [1.54, 1.807) is 66.7 Å². The number of sulfonamides is 1. The molecule has 0 aliphatic heterocycles. The van der Waals surface area contributed by atoms with Crippen LogP contribution in [0.4, 0.5) is 5.69 Å². The summed E-state index contributed by atoms with van der Waals surface area (Å²) in [5, 5.41) is 3.43. The average Bonchev–Trinajstić information content (AvgIpc) is 2.92. The minimum Gasteiger partial charge on any atom is -0.354 e. The highest BCUT2D eigenvalue weighted by Crippen LogP contribution is 2.25. The SMILES string of the molecule is CCCNC(=O)[C@H](CC)N(Cc1ccc(Cl)cc1)C(=O)CN(c1ccc(C)cc1)S(=O)(=O)c1ccccc1. The third kappa shape index (κ3) is 7.36. The van der Waals surface area contributed by atoms with Crippen molar-refractivity contribution in [2.45, 2.75) is 51.1 Å². The van der Waals surface area contributed by atoms with Gasteiger partial charge in [0.2, 0.25) is 11.8 Å². The Bertz CT molecular complexity index is 1310. The summed E-state index contributed by atoms with van der Waals surface area (Å²) in [7, 11) is -4.07. The van der Waals surface area contributed by atoms with Crippen molar-refractivity contribution in [1.82, 2.24) is 10.2 Å². The van der Waals surface area contributed by atoms with Crippen molar-refractivity contribution in [2.24, 2.45) is 0 Å². The molecule has 0 bridgehead atoms. The summed E-state index contributed by atoms with van der Waals surface area (Å²) in [4.78, 5) is 28.5. The molecule has 2 amide bonds. The van der Waals surface area contributed by atoms with Crippen LogP contribution in [0.25, 0.3) is 0 Å².